The van der Waals surface area contributed by atoms with E-state index in [1.165, 1.54) is 24.3 Å². The van der Waals surface area contributed by atoms with Crippen molar-refractivity contribution in [3.05, 3.63) is 48.5 Å². The van der Waals surface area contributed by atoms with Crippen molar-refractivity contribution >= 4 is 25.2 Å². The highest BCUT2D eigenvalue weighted by molar-refractivity contribution is 6.62. The molecule has 0 amide bonds. The molecule has 2 aliphatic rings. The molecule has 6 nitrogen and oxygen atoms in total. The third kappa shape index (κ3) is 7.92. The highest BCUT2D eigenvalue weighted by Gasteiger charge is 2.79. The minimum absolute atomic E-state index is 0.159. The standard InChI is InChI=1S/C34H44B2F8O6/c1-27(2)28(3,4)48-35(47-27)23-13-9-15-25(21-23)45-19-11-17-31(37,38)33(41,42)34(43,44)32(39,40)18-12-20-46-26-16-10-14-24(22-26)36-49-29(5,6)30(7,8)50-36/h9-10,13-16,21-22H,11-12,17-20H2,1-8H3. The Morgan fingerprint density at radius 2 is 0.820 bits per heavy atom. The Hall–Kier alpha value is -2.55. The van der Waals surface area contributed by atoms with Crippen molar-refractivity contribution in [2.45, 2.75) is 127 Å². The first-order chi connectivity index (χ1) is 22.8. The van der Waals surface area contributed by atoms with Gasteiger partial charge in [0, 0.05) is 12.8 Å². The molecule has 2 aromatic rings. The van der Waals surface area contributed by atoms with Crippen LogP contribution in [0.4, 0.5) is 35.1 Å². The van der Waals surface area contributed by atoms with Gasteiger partial charge in [-0.15, -0.1) is 0 Å². The molecule has 2 aliphatic heterocycles. The van der Waals surface area contributed by atoms with Crippen LogP contribution in [-0.2, 0) is 18.6 Å². The van der Waals surface area contributed by atoms with Gasteiger partial charge in [-0.1, -0.05) is 24.3 Å². The summed E-state index contributed by atoms with van der Waals surface area (Å²) in [6.07, 6.45) is -5.32. The molecular weight excluding hydrogens is 678 g/mol. The second-order valence-electron chi connectivity index (χ2n) is 14.8. The number of alkyl halides is 8. The Morgan fingerprint density at radius 3 is 1.12 bits per heavy atom. The van der Waals surface area contributed by atoms with Crippen LogP contribution in [0.15, 0.2) is 48.5 Å². The van der Waals surface area contributed by atoms with E-state index in [0.717, 1.165) is 0 Å². The van der Waals surface area contributed by atoms with Gasteiger partial charge < -0.3 is 28.1 Å². The zero-order valence-corrected chi connectivity index (χ0v) is 29.5. The summed E-state index contributed by atoms with van der Waals surface area (Å²) in [5, 5.41) is 0. The van der Waals surface area contributed by atoms with E-state index < -0.39 is 99.2 Å². The molecule has 0 aromatic heterocycles. The maximum Gasteiger partial charge on any atom is 0.494 e. The summed E-state index contributed by atoms with van der Waals surface area (Å²) in [4.78, 5) is 0. The average molecular weight is 722 g/mol. The van der Waals surface area contributed by atoms with Crippen molar-refractivity contribution in [1.29, 1.82) is 0 Å². The van der Waals surface area contributed by atoms with Gasteiger partial charge in [-0.3, -0.25) is 0 Å². The van der Waals surface area contributed by atoms with Gasteiger partial charge in [0.15, 0.2) is 0 Å². The Balaban J connectivity index is 1.28. The molecule has 0 spiro atoms. The summed E-state index contributed by atoms with van der Waals surface area (Å²) in [7, 11) is -1.53. The minimum Gasteiger partial charge on any atom is -0.494 e. The van der Waals surface area contributed by atoms with Crippen molar-refractivity contribution in [3.8, 4) is 11.5 Å². The van der Waals surface area contributed by atoms with Crippen LogP contribution in [-0.4, -0.2) is 73.5 Å². The fourth-order valence-electron chi connectivity index (χ4n) is 5.20. The van der Waals surface area contributed by atoms with E-state index in [1.807, 2.05) is 55.4 Å². The molecule has 0 atom stereocenters. The minimum atomic E-state index is -6.36. The zero-order chi connectivity index (χ0) is 37.6. The molecule has 0 bridgehead atoms. The second kappa shape index (κ2) is 13.8. The lowest BCUT2D eigenvalue weighted by atomic mass is 9.79. The molecule has 2 saturated heterocycles. The van der Waals surface area contributed by atoms with E-state index in [2.05, 4.69) is 0 Å². The quantitative estimate of drug-likeness (QED) is 0.106. The largest absolute Gasteiger partial charge is 0.494 e. The first-order valence-electron chi connectivity index (χ1n) is 16.4. The number of ether oxygens (including phenoxy) is 2. The van der Waals surface area contributed by atoms with Crippen LogP contribution in [0.5, 0.6) is 11.5 Å². The Kier molecular flexibility index (Phi) is 11.1. The van der Waals surface area contributed by atoms with Gasteiger partial charge in [0.1, 0.15) is 11.5 Å². The van der Waals surface area contributed by atoms with E-state index in [4.69, 9.17) is 28.1 Å². The lowest BCUT2D eigenvalue weighted by molar-refractivity contribution is -0.368. The predicted molar refractivity (Wildman–Crippen MR) is 174 cm³/mol. The average Bonchev–Trinajstić information content (AvgIpc) is 3.37. The Morgan fingerprint density at radius 1 is 0.520 bits per heavy atom. The molecule has 0 saturated carbocycles. The lowest BCUT2D eigenvalue weighted by Gasteiger charge is -2.37. The van der Waals surface area contributed by atoms with Crippen molar-refractivity contribution in [3.63, 3.8) is 0 Å². The summed E-state index contributed by atoms with van der Waals surface area (Å²) < 4.78 is 151. The lowest BCUT2D eigenvalue weighted by Crippen LogP contribution is -2.62. The topological polar surface area (TPSA) is 55.4 Å². The van der Waals surface area contributed by atoms with Crippen molar-refractivity contribution in [2.75, 3.05) is 13.2 Å². The molecule has 0 N–H and O–H groups in total. The van der Waals surface area contributed by atoms with Gasteiger partial charge in [0.05, 0.1) is 35.6 Å². The second-order valence-corrected chi connectivity index (χ2v) is 14.8. The molecule has 50 heavy (non-hydrogen) atoms. The summed E-state index contributed by atoms with van der Waals surface area (Å²) in [6.45, 7) is 13.6. The molecular formula is C34H44B2F8O6. The Labute approximate surface area is 288 Å². The number of rotatable bonds is 15. The molecule has 278 valence electrons. The van der Waals surface area contributed by atoms with Gasteiger partial charge in [0.2, 0.25) is 0 Å². The third-order valence-electron chi connectivity index (χ3n) is 9.89. The number of hydrogen-bond acceptors (Lipinski definition) is 6. The highest BCUT2D eigenvalue weighted by Crippen LogP contribution is 2.55. The zero-order valence-electron chi connectivity index (χ0n) is 29.5. The molecule has 4 rings (SSSR count). The molecule has 16 heteroatoms. The SMILES string of the molecule is CC1(C)OB(c2cccc(OCCCC(F)(F)C(F)(F)C(F)(F)C(F)(F)CCCOc3cccc(B4OC(C)(C)C(C)(C)O4)c3)c2)OC1(C)C. The summed E-state index contributed by atoms with van der Waals surface area (Å²) in [5.74, 6) is -23.4. The molecule has 2 fully saturated rings. The normalized spacial score (nSPS) is 20.3. The van der Waals surface area contributed by atoms with Crippen molar-refractivity contribution in [2.24, 2.45) is 0 Å². The van der Waals surface area contributed by atoms with Crippen LogP contribution in [0.25, 0.3) is 0 Å². The van der Waals surface area contributed by atoms with Gasteiger partial charge in [0.25, 0.3) is 0 Å². The van der Waals surface area contributed by atoms with E-state index >= 15 is 0 Å². The first-order valence-corrected chi connectivity index (χ1v) is 16.4. The monoisotopic (exact) mass is 722 g/mol. The molecule has 0 aliphatic carbocycles. The van der Waals surface area contributed by atoms with Gasteiger partial charge >= 0.3 is 37.9 Å². The highest BCUT2D eigenvalue weighted by atomic mass is 19.4. The first kappa shape index (κ1) is 40.2. The summed E-state index contributed by atoms with van der Waals surface area (Å²) in [6, 6.07) is 12.5. The van der Waals surface area contributed by atoms with Crippen LogP contribution in [0, 0.1) is 0 Å². The molecule has 0 unspecified atom stereocenters. The molecule has 2 heterocycles. The van der Waals surface area contributed by atoms with E-state index in [0.29, 0.717) is 10.9 Å². The van der Waals surface area contributed by atoms with Crippen LogP contribution in [0.3, 0.4) is 0 Å². The van der Waals surface area contributed by atoms with Gasteiger partial charge in [-0.2, -0.15) is 35.1 Å². The van der Waals surface area contributed by atoms with E-state index in [-0.39, 0.29) is 11.5 Å². The molecule has 0 radical (unpaired) electrons. The number of hydrogen-bond donors (Lipinski definition) is 0. The molecule has 2 aromatic carbocycles. The summed E-state index contributed by atoms with van der Waals surface area (Å²) >= 11 is 0. The predicted octanol–water partition coefficient (Wildman–Crippen LogP) is 7.84. The van der Waals surface area contributed by atoms with Crippen molar-refractivity contribution < 1.29 is 63.2 Å². The van der Waals surface area contributed by atoms with Crippen molar-refractivity contribution in [1.82, 2.24) is 0 Å². The van der Waals surface area contributed by atoms with Crippen LogP contribution in [0.2, 0.25) is 0 Å². The van der Waals surface area contributed by atoms with E-state index in [9.17, 15) is 35.1 Å². The number of halogens is 8. The maximum atomic E-state index is 14.5. The van der Waals surface area contributed by atoms with Gasteiger partial charge in [-0.05, 0) is 103 Å². The van der Waals surface area contributed by atoms with Gasteiger partial charge in [-0.25, -0.2) is 0 Å². The number of benzene rings is 2. The van der Waals surface area contributed by atoms with Crippen LogP contribution >= 0.6 is 0 Å². The van der Waals surface area contributed by atoms with Crippen LogP contribution < -0.4 is 20.4 Å². The summed E-state index contributed by atoms with van der Waals surface area (Å²) in [5.41, 5.74) is -1.47. The fourth-order valence-corrected chi connectivity index (χ4v) is 5.20. The van der Waals surface area contributed by atoms with E-state index in [1.54, 1.807) is 24.3 Å². The van der Waals surface area contributed by atoms with Crippen LogP contribution in [0.1, 0.15) is 81.1 Å². The maximum absolute atomic E-state index is 14.5. The smallest absolute Gasteiger partial charge is 0.494 e. The third-order valence-corrected chi connectivity index (χ3v) is 9.89. The fraction of sp³-hybridized carbons (Fsp3) is 0.647. The Bertz CT molecular complexity index is 1350.